The van der Waals surface area contributed by atoms with Gasteiger partial charge in [0, 0.05) is 17.7 Å². The van der Waals surface area contributed by atoms with E-state index in [9.17, 15) is 18.3 Å². The molecule has 1 aliphatic rings. The smallest absolute Gasteiger partial charge is 0.326 e. The predicted molar refractivity (Wildman–Crippen MR) is 128 cm³/mol. The van der Waals surface area contributed by atoms with Gasteiger partial charge < -0.3 is 29.4 Å². The van der Waals surface area contributed by atoms with E-state index >= 15 is 0 Å². The zero-order valence-corrected chi connectivity index (χ0v) is 20.6. The zero-order valence-electron chi connectivity index (χ0n) is 19.8. The van der Waals surface area contributed by atoms with Crippen LogP contribution >= 0.6 is 0 Å². The van der Waals surface area contributed by atoms with E-state index in [1.165, 1.54) is 28.4 Å². The summed E-state index contributed by atoms with van der Waals surface area (Å²) < 4.78 is 47.3. The number of sulfone groups is 1. The molecule has 2 aromatic rings. The molecule has 0 saturated heterocycles. The first-order chi connectivity index (χ1) is 16.2. The van der Waals surface area contributed by atoms with Crippen molar-refractivity contribution < 1.29 is 37.3 Å². The van der Waals surface area contributed by atoms with Crippen molar-refractivity contribution in [1.29, 1.82) is 0 Å². The molecule has 186 valence electrons. The second-order valence-electron chi connectivity index (χ2n) is 8.18. The third kappa shape index (κ3) is 6.25. The summed E-state index contributed by atoms with van der Waals surface area (Å²) in [7, 11) is 2.51. The van der Waals surface area contributed by atoms with E-state index in [1.54, 1.807) is 30.3 Å². The second-order valence-corrected chi connectivity index (χ2v) is 10.4. The number of benzene rings is 2. The van der Waals surface area contributed by atoms with Crippen molar-refractivity contribution in [2.75, 3.05) is 39.5 Å². The Morgan fingerprint density at radius 3 is 2.12 bits per heavy atom. The number of hydrogen-bond donors (Lipinski definition) is 2. The number of aliphatic carboxylic acids is 1. The Bertz CT molecular complexity index is 1100. The molecule has 10 heteroatoms. The van der Waals surface area contributed by atoms with Gasteiger partial charge in [-0.05, 0) is 42.9 Å². The van der Waals surface area contributed by atoms with Crippen LogP contribution in [0, 0.1) is 5.92 Å². The van der Waals surface area contributed by atoms with Crippen molar-refractivity contribution in [3.05, 3.63) is 41.5 Å². The highest BCUT2D eigenvalue weighted by Gasteiger charge is 2.36. The molecule has 1 saturated carbocycles. The van der Waals surface area contributed by atoms with Gasteiger partial charge in [-0.2, -0.15) is 0 Å². The van der Waals surface area contributed by atoms with Gasteiger partial charge in [0.05, 0.1) is 45.6 Å². The fraction of sp³-hybridized carbons (Fsp3) is 0.458. The van der Waals surface area contributed by atoms with Crippen LogP contribution in [0.5, 0.6) is 23.0 Å². The van der Waals surface area contributed by atoms with E-state index < -0.39 is 21.8 Å². The summed E-state index contributed by atoms with van der Waals surface area (Å²) in [5.74, 6) is 0.775. The van der Waals surface area contributed by atoms with Crippen molar-refractivity contribution >= 4 is 21.5 Å². The van der Waals surface area contributed by atoms with Gasteiger partial charge in [-0.3, -0.25) is 0 Å². The van der Waals surface area contributed by atoms with Gasteiger partial charge in [-0.15, -0.1) is 0 Å². The summed E-state index contributed by atoms with van der Waals surface area (Å²) in [4.78, 5) is 11.6. The number of nitrogens with one attached hydrogen (secondary N) is 1. The topological polar surface area (TPSA) is 120 Å². The number of carboxylic acids is 1. The molecule has 0 spiro atoms. The van der Waals surface area contributed by atoms with Crippen LogP contribution in [0.25, 0.3) is 0 Å². The quantitative estimate of drug-likeness (QED) is 0.433. The number of ether oxygens (including phenoxy) is 4. The third-order valence-electron chi connectivity index (χ3n) is 5.80. The van der Waals surface area contributed by atoms with Gasteiger partial charge in [0.25, 0.3) is 0 Å². The molecule has 0 bridgehead atoms. The minimum absolute atomic E-state index is 0.0593. The van der Waals surface area contributed by atoms with Crippen LogP contribution < -0.4 is 24.3 Å². The third-order valence-corrected chi connectivity index (χ3v) is 7.40. The first kappa shape index (κ1) is 25.5. The highest BCUT2D eigenvalue weighted by molar-refractivity contribution is 7.90. The molecule has 1 aliphatic carbocycles. The number of carboxylic acid groups (broad SMARTS) is 1. The number of anilines is 1. The van der Waals surface area contributed by atoms with Crippen LogP contribution in [-0.2, 0) is 26.8 Å². The zero-order chi connectivity index (χ0) is 24.9. The molecule has 34 heavy (non-hydrogen) atoms. The minimum Gasteiger partial charge on any atom is -0.496 e. The van der Waals surface area contributed by atoms with Crippen molar-refractivity contribution in [2.45, 2.75) is 31.1 Å². The number of rotatable bonds is 13. The summed E-state index contributed by atoms with van der Waals surface area (Å²) in [5, 5.41) is 12.6. The molecule has 1 atom stereocenters. The molecule has 1 fully saturated rings. The number of hydrogen-bond acceptors (Lipinski definition) is 8. The monoisotopic (exact) mass is 493 g/mol. The molecular weight excluding hydrogens is 462 g/mol. The Morgan fingerprint density at radius 1 is 1.00 bits per heavy atom. The largest absolute Gasteiger partial charge is 0.496 e. The van der Waals surface area contributed by atoms with Gasteiger partial charge in [0.2, 0.25) is 0 Å². The maximum atomic E-state index is 13.0. The molecule has 0 radical (unpaired) electrons. The molecular formula is C24H31NO8S. The average Bonchev–Trinajstić information content (AvgIpc) is 3.65. The number of carbonyl (C=O) groups is 1. The molecule has 9 nitrogen and oxygen atoms in total. The Kier molecular flexibility index (Phi) is 8.14. The van der Waals surface area contributed by atoms with Gasteiger partial charge >= 0.3 is 5.97 Å². The van der Waals surface area contributed by atoms with Gasteiger partial charge in [-0.1, -0.05) is 6.07 Å². The van der Waals surface area contributed by atoms with Crippen molar-refractivity contribution in [2.24, 2.45) is 5.92 Å². The minimum atomic E-state index is -3.51. The van der Waals surface area contributed by atoms with Crippen LogP contribution in [0.1, 0.15) is 24.0 Å². The Balaban J connectivity index is 1.77. The molecule has 2 N–H and O–H groups in total. The van der Waals surface area contributed by atoms with Gasteiger partial charge in [0.1, 0.15) is 29.0 Å². The summed E-state index contributed by atoms with van der Waals surface area (Å²) in [5.41, 5.74) is 1.64. The Hall–Kier alpha value is -3.14. The molecule has 0 aliphatic heterocycles. The van der Waals surface area contributed by atoms with E-state index in [-0.39, 0.29) is 23.8 Å². The Labute approximate surface area is 199 Å². The lowest BCUT2D eigenvalue weighted by molar-refractivity contribution is -0.138. The average molecular weight is 494 g/mol. The first-order valence-electron chi connectivity index (χ1n) is 10.9. The van der Waals surface area contributed by atoms with Crippen molar-refractivity contribution in [1.82, 2.24) is 0 Å². The lowest BCUT2D eigenvalue weighted by atomic mass is 10.1. The maximum absolute atomic E-state index is 13.0. The maximum Gasteiger partial charge on any atom is 0.326 e. The van der Waals surface area contributed by atoms with Crippen LogP contribution in [0.4, 0.5) is 5.69 Å². The normalized spacial score (nSPS) is 14.2. The number of methoxy groups -OCH3 is 4. The lowest BCUT2D eigenvalue weighted by Gasteiger charge is -2.18. The van der Waals surface area contributed by atoms with Gasteiger partial charge in [-0.25, -0.2) is 13.2 Å². The summed E-state index contributed by atoms with van der Waals surface area (Å²) in [6.07, 6.45) is 1.89. The van der Waals surface area contributed by atoms with Crippen LogP contribution in [-0.4, -0.2) is 59.7 Å². The van der Waals surface area contributed by atoms with Crippen LogP contribution in [0.2, 0.25) is 0 Å². The highest BCUT2D eigenvalue weighted by atomic mass is 32.2. The van der Waals surface area contributed by atoms with E-state index in [0.29, 0.717) is 39.8 Å². The van der Waals surface area contributed by atoms with E-state index in [4.69, 9.17) is 18.9 Å². The standard InChI is InChI=1S/C24H31NO8S/c1-30-17-12-21(32-3)18(22(13-17)33-4)9-10-34(28,29)14-15-5-8-20(31-2)19(11-15)25-23(24(26)27)16-6-7-16/h5,8,11-13,16,23,25H,6-7,9-10,14H2,1-4H3,(H,26,27). The second kappa shape index (κ2) is 10.9. The fourth-order valence-corrected chi connectivity index (χ4v) is 5.19. The SMILES string of the molecule is COc1cc(OC)c(CCS(=O)(=O)Cc2ccc(OC)c(NC(C(=O)O)C3CC3)c2)c(OC)c1. The molecule has 2 aromatic carbocycles. The van der Waals surface area contributed by atoms with Crippen LogP contribution in [0.15, 0.2) is 30.3 Å². The molecule has 1 unspecified atom stereocenters. The predicted octanol–water partition coefficient (Wildman–Crippen LogP) is 3.15. The summed E-state index contributed by atoms with van der Waals surface area (Å²) in [6, 6.07) is 7.59. The van der Waals surface area contributed by atoms with Gasteiger partial charge in [0.15, 0.2) is 9.84 Å². The van der Waals surface area contributed by atoms with E-state index in [1.807, 2.05) is 0 Å². The highest BCUT2D eigenvalue weighted by Crippen LogP contribution is 2.37. The molecule has 0 amide bonds. The van der Waals surface area contributed by atoms with Crippen molar-refractivity contribution in [3.63, 3.8) is 0 Å². The summed E-state index contributed by atoms with van der Waals surface area (Å²) in [6.45, 7) is 0. The lowest BCUT2D eigenvalue weighted by Crippen LogP contribution is -2.31. The molecule has 3 rings (SSSR count). The van der Waals surface area contributed by atoms with E-state index in [2.05, 4.69) is 5.32 Å². The fourth-order valence-electron chi connectivity index (χ4n) is 3.84. The van der Waals surface area contributed by atoms with Crippen molar-refractivity contribution in [3.8, 4) is 23.0 Å². The van der Waals surface area contributed by atoms with E-state index in [0.717, 1.165) is 12.8 Å². The molecule has 0 heterocycles. The van der Waals surface area contributed by atoms with Crippen LogP contribution in [0.3, 0.4) is 0 Å². The first-order valence-corrected chi connectivity index (χ1v) is 12.7. The molecule has 0 aromatic heterocycles. The summed E-state index contributed by atoms with van der Waals surface area (Å²) >= 11 is 0. The Morgan fingerprint density at radius 2 is 1.62 bits per heavy atom.